The number of ether oxygens (including phenoxy) is 1. The van der Waals surface area contributed by atoms with Crippen LogP contribution in [0.15, 0.2) is 24.4 Å². The van der Waals surface area contributed by atoms with Gasteiger partial charge in [-0.25, -0.2) is 0 Å². The van der Waals surface area contributed by atoms with Crippen LogP contribution in [0.25, 0.3) is 0 Å². The van der Waals surface area contributed by atoms with Crippen LogP contribution in [0.3, 0.4) is 0 Å². The number of rotatable bonds is 5. The Morgan fingerprint density at radius 2 is 2.07 bits per heavy atom. The Labute approximate surface area is 160 Å². The van der Waals surface area contributed by atoms with Crippen LogP contribution in [-0.2, 0) is 20.9 Å². The summed E-state index contributed by atoms with van der Waals surface area (Å²) in [6.07, 6.45) is 4.24. The van der Waals surface area contributed by atoms with Gasteiger partial charge in [-0.1, -0.05) is 6.07 Å². The molecule has 1 atom stereocenters. The van der Waals surface area contributed by atoms with Crippen molar-refractivity contribution < 1.29 is 14.3 Å². The van der Waals surface area contributed by atoms with E-state index in [4.69, 9.17) is 4.74 Å². The number of aromatic nitrogens is 1. The van der Waals surface area contributed by atoms with E-state index in [1.54, 1.807) is 18.0 Å². The highest BCUT2D eigenvalue weighted by Gasteiger charge is 2.52. The maximum Gasteiger partial charge on any atom is 0.242 e. The van der Waals surface area contributed by atoms with Crippen molar-refractivity contribution in [1.82, 2.24) is 19.7 Å². The topological polar surface area (TPSA) is 66.0 Å². The van der Waals surface area contributed by atoms with E-state index in [2.05, 4.69) is 9.88 Å². The third kappa shape index (κ3) is 3.99. The first-order valence-electron chi connectivity index (χ1n) is 9.74. The van der Waals surface area contributed by atoms with Crippen LogP contribution in [0.4, 0.5) is 0 Å². The van der Waals surface area contributed by atoms with E-state index in [0.29, 0.717) is 32.2 Å². The first-order chi connectivity index (χ1) is 13.0. The highest BCUT2D eigenvalue weighted by molar-refractivity contribution is 5.82. The molecule has 2 saturated heterocycles. The summed E-state index contributed by atoms with van der Waals surface area (Å²) in [6, 6.07) is 5.49. The van der Waals surface area contributed by atoms with E-state index < -0.39 is 0 Å². The molecule has 1 aromatic heterocycles. The minimum Gasteiger partial charge on any atom is -0.368 e. The van der Waals surface area contributed by atoms with Gasteiger partial charge in [0, 0.05) is 33.3 Å². The van der Waals surface area contributed by atoms with Crippen molar-refractivity contribution >= 4 is 11.8 Å². The summed E-state index contributed by atoms with van der Waals surface area (Å²) >= 11 is 0. The Morgan fingerprint density at radius 1 is 1.30 bits per heavy atom. The molecular formula is C20H28N4O3. The predicted molar refractivity (Wildman–Crippen MR) is 99.7 cm³/mol. The molecule has 1 spiro atoms. The number of likely N-dealkylation sites (N-methyl/N-ethyl adjacent to an activating group) is 1. The van der Waals surface area contributed by atoms with Gasteiger partial charge in [0.2, 0.25) is 11.8 Å². The number of likely N-dealkylation sites (tertiary alicyclic amines) is 1. The molecule has 7 nitrogen and oxygen atoms in total. The number of morpholine rings is 1. The third-order valence-electron chi connectivity index (χ3n) is 5.86. The van der Waals surface area contributed by atoms with Gasteiger partial charge in [0.25, 0.3) is 0 Å². The van der Waals surface area contributed by atoms with Crippen molar-refractivity contribution in [1.29, 1.82) is 0 Å². The highest BCUT2D eigenvalue weighted by Crippen LogP contribution is 2.36. The minimum atomic E-state index is -0.295. The fourth-order valence-corrected chi connectivity index (χ4v) is 4.07. The van der Waals surface area contributed by atoms with Gasteiger partial charge in [0.05, 0.1) is 31.9 Å². The molecule has 3 fully saturated rings. The first kappa shape index (κ1) is 18.4. The molecule has 2 amide bonds. The minimum absolute atomic E-state index is 0.0823. The van der Waals surface area contributed by atoms with Gasteiger partial charge in [-0.2, -0.15) is 0 Å². The van der Waals surface area contributed by atoms with Crippen molar-refractivity contribution in [2.75, 3.05) is 39.8 Å². The number of amides is 2. The number of pyridine rings is 1. The lowest BCUT2D eigenvalue weighted by molar-refractivity contribution is -0.205. The van der Waals surface area contributed by atoms with Gasteiger partial charge in [-0.05, 0) is 30.9 Å². The fourth-order valence-electron chi connectivity index (χ4n) is 4.07. The molecule has 3 heterocycles. The molecule has 0 aromatic carbocycles. The van der Waals surface area contributed by atoms with Crippen LogP contribution in [0.2, 0.25) is 0 Å². The molecule has 146 valence electrons. The summed E-state index contributed by atoms with van der Waals surface area (Å²) in [5.74, 6) is 0.866. The van der Waals surface area contributed by atoms with Crippen molar-refractivity contribution in [2.45, 2.75) is 38.0 Å². The van der Waals surface area contributed by atoms with Crippen molar-refractivity contribution in [3.8, 4) is 0 Å². The zero-order valence-corrected chi connectivity index (χ0v) is 16.1. The van der Waals surface area contributed by atoms with Crippen LogP contribution in [0.5, 0.6) is 0 Å². The van der Waals surface area contributed by atoms with E-state index in [1.807, 2.05) is 30.1 Å². The zero-order chi connectivity index (χ0) is 19.0. The van der Waals surface area contributed by atoms with Crippen molar-refractivity contribution in [3.05, 3.63) is 30.1 Å². The number of nitrogens with zero attached hydrogens (tertiary/aromatic N) is 4. The SMILES string of the molecule is CC(=O)N1CC2(C1)CN(CC1CC1)[C@@H](C(=O)N(C)Cc1ccccn1)CO2. The molecular weight excluding hydrogens is 344 g/mol. The predicted octanol–water partition coefficient (Wildman–Crippen LogP) is 0.752. The van der Waals surface area contributed by atoms with E-state index in [1.165, 1.54) is 12.8 Å². The number of carbonyl (C=O) groups is 2. The Hall–Kier alpha value is -1.99. The normalized spacial score (nSPS) is 24.5. The molecule has 27 heavy (non-hydrogen) atoms. The Morgan fingerprint density at radius 3 is 2.70 bits per heavy atom. The van der Waals surface area contributed by atoms with E-state index in [9.17, 15) is 9.59 Å². The number of carbonyl (C=O) groups excluding carboxylic acids is 2. The van der Waals surface area contributed by atoms with Gasteiger partial charge in [0.1, 0.15) is 11.6 Å². The van der Waals surface area contributed by atoms with Crippen LogP contribution >= 0.6 is 0 Å². The summed E-state index contributed by atoms with van der Waals surface area (Å²) < 4.78 is 6.15. The molecule has 0 bridgehead atoms. The second kappa shape index (κ2) is 7.20. The fraction of sp³-hybridized carbons (Fsp3) is 0.650. The van der Waals surface area contributed by atoms with E-state index in [-0.39, 0.29) is 23.5 Å². The average Bonchev–Trinajstić information content (AvgIpc) is 3.43. The molecule has 1 saturated carbocycles. The lowest BCUT2D eigenvalue weighted by Crippen LogP contribution is -2.73. The lowest BCUT2D eigenvalue weighted by atomic mass is 9.90. The molecule has 4 rings (SSSR count). The van der Waals surface area contributed by atoms with E-state index >= 15 is 0 Å². The Kier molecular flexibility index (Phi) is 4.90. The molecule has 2 aliphatic heterocycles. The summed E-state index contributed by atoms with van der Waals surface area (Å²) in [7, 11) is 1.83. The zero-order valence-electron chi connectivity index (χ0n) is 16.1. The molecule has 7 heteroatoms. The number of hydrogen-bond acceptors (Lipinski definition) is 5. The number of hydrogen-bond donors (Lipinski definition) is 0. The first-order valence-corrected chi connectivity index (χ1v) is 9.74. The van der Waals surface area contributed by atoms with E-state index in [0.717, 1.165) is 18.8 Å². The quantitative estimate of drug-likeness (QED) is 0.763. The smallest absolute Gasteiger partial charge is 0.242 e. The van der Waals surface area contributed by atoms with Crippen molar-refractivity contribution in [2.24, 2.45) is 5.92 Å². The molecule has 0 unspecified atom stereocenters. The maximum atomic E-state index is 13.1. The standard InChI is InChI=1S/C20H28N4O3/c1-15(25)24-13-20(14-24)12-23(9-16-6-7-16)18(11-27-20)19(26)22(2)10-17-5-3-4-8-21-17/h3-5,8,16,18H,6-7,9-14H2,1-2H3/t18-/m1/s1. The van der Waals surface area contributed by atoms with Crippen LogP contribution in [-0.4, -0.2) is 83.0 Å². The summed E-state index contributed by atoms with van der Waals surface area (Å²) in [5, 5.41) is 0. The Bertz CT molecular complexity index is 700. The van der Waals surface area contributed by atoms with Crippen molar-refractivity contribution in [3.63, 3.8) is 0 Å². The van der Waals surface area contributed by atoms with Crippen LogP contribution in [0.1, 0.15) is 25.5 Å². The molecule has 3 aliphatic rings. The van der Waals surface area contributed by atoms with Crippen LogP contribution < -0.4 is 0 Å². The molecule has 1 aliphatic carbocycles. The summed E-state index contributed by atoms with van der Waals surface area (Å²) in [4.78, 5) is 34.8. The second-order valence-electron chi connectivity index (χ2n) is 8.27. The third-order valence-corrected chi connectivity index (χ3v) is 5.86. The average molecular weight is 372 g/mol. The lowest BCUT2D eigenvalue weighted by Gasteiger charge is -2.55. The van der Waals surface area contributed by atoms with Crippen LogP contribution in [0, 0.1) is 5.92 Å². The van der Waals surface area contributed by atoms with Gasteiger partial charge in [-0.15, -0.1) is 0 Å². The molecule has 0 N–H and O–H groups in total. The van der Waals surface area contributed by atoms with Gasteiger partial charge in [0.15, 0.2) is 0 Å². The Balaban J connectivity index is 1.41. The second-order valence-corrected chi connectivity index (χ2v) is 8.27. The maximum absolute atomic E-state index is 13.1. The van der Waals surface area contributed by atoms with Gasteiger partial charge < -0.3 is 14.5 Å². The largest absolute Gasteiger partial charge is 0.368 e. The molecule has 1 aromatic rings. The monoisotopic (exact) mass is 372 g/mol. The van der Waals surface area contributed by atoms with Gasteiger partial charge >= 0.3 is 0 Å². The molecule has 0 radical (unpaired) electrons. The highest BCUT2D eigenvalue weighted by atomic mass is 16.5. The summed E-state index contributed by atoms with van der Waals surface area (Å²) in [6.45, 7) is 5.42. The summed E-state index contributed by atoms with van der Waals surface area (Å²) in [5.41, 5.74) is 0.586. The van der Waals surface area contributed by atoms with Gasteiger partial charge in [-0.3, -0.25) is 19.5 Å².